The smallest absolute Gasteiger partial charge is 0.0780 e. The van der Waals surface area contributed by atoms with Gasteiger partial charge in [-0.1, -0.05) is 168 Å². The van der Waals surface area contributed by atoms with E-state index >= 15 is 0 Å². The van der Waals surface area contributed by atoms with E-state index < -0.39 is 5.97 Å². The van der Waals surface area contributed by atoms with Gasteiger partial charge in [-0.2, -0.15) is 0 Å². The highest BCUT2D eigenvalue weighted by molar-refractivity contribution is 5.64. The highest BCUT2D eigenvalue weighted by Crippen LogP contribution is 2.14. The van der Waals surface area contributed by atoms with E-state index in [2.05, 4.69) is 35.0 Å². The minimum atomic E-state index is -0.907. The van der Waals surface area contributed by atoms with E-state index in [0.717, 1.165) is 17.3 Å². The van der Waals surface area contributed by atoms with E-state index in [1.807, 2.05) is 0 Å². The second kappa shape index (κ2) is 32.6. The molecule has 0 spiro atoms. The zero-order valence-corrected chi connectivity index (χ0v) is 27.3. The quantitative estimate of drug-likeness (QED) is 0.0700. The Kier molecular flexibility index (Phi) is 34.0. The number of unbranched alkanes of at least 4 members (excludes halogenated alkanes) is 25. The molecule has 38 heavy (non-hydrogen) atoms. The molecule has 3 nitrogen and oxygen atoms in total. The number of rotatable bonds is 29. The molecule has 0 amide bonds. The van der Waals surface area contributed by atoms with E-state index in [1.165, 1.54) is 167 Å². The van der Waals surface area contributed by atoms with Crippen LogP contribution in [-0.4, -0.2) is 38.1 Å². The number of carbonyl (C=O) groups is 1. The summed E-state index contributed by atoms with van der Waals surface area (Å²) in [6, 6.07) is 0. The normalized spacial score (nSPS) is 11.4. The maximum absolute atomic E-state index is 10.1. The van der Waals surface area contributed by atoms with Crippen molar-refractivity contribution >= 4 is 5.97 Å². The molecular formula is C35H73NO2. The van der Waals surface area contributed by atoms with Crippen LogP contribution in [0.4, 0.5) is 0 Å². The Labute approximate surface area is 241 Å². The minimum Gasteiger partial charge on any atom is -0.550 e. The Morgan fingerprint density at radius 2 is 0.658 bits per heavy atom. The first-order valence-electron chi connectivity index (χ1n) is 17.3. The van der Waals surface area contributed by atoms with Crippen molar-refractivity contribution in [1.82, 2.24) is 0 Å². The Balaban J connectivity index is 0. The first-order valence-corrected chi connectivity index (χ1v) is 17.3. The lowest BCUT2D eigenvalue weighted by Gasteiger charge is -2.23. The molecule has 0 aromatic heterocycles. The van der Waals surface area contributed by atoms with Crippen LogP contribution in [0.25, 0.3) is 0 Å². The molecule has 0 bridgehead atoms. The van der Waals surface area contributed by atoms with Gasteiger partial charge in [0.05, 0.1) is 27.7 Å². The number of nitrogens with zero attached hydrogens (tertiary/aromatic N) is 1. The number of quaternary nitrogens is 1. The zero-order valence-electron chi connectivity index (χ0n) is 27.3. The Morgan fingerprint density at radius 1 is 0.421 bits per heavy atom. The van der Waals surface area contributed by atoms with Crippen LogP contribution in [0.1, 0.15) is 194 Å². The fourth-order valence-electron chi connectivity index (χ4n) is 5.07. The highest BCUT2D eigenvalue weighted by atomic mass is 16.4. The molecule has 0 aliphatic carbocycles. The maximum Gasteiger partial charge on any atom is 0.0780 e. The van der Waals surface area contributed by atoms with Gasteiger partial charge < -0.3 is 14.4 Å². The topological polar surface area (TPSA) is 40.1 Å². The number of carbonyl (C=O) groups excluding carboxylic acids is 1. The third-order valence-corrected chi connectivity index (χ3v) is 7.67. The van der Waals surface area contributed by atoms with E-state index in [9.17, 15) is 9.90 Å². The van der Waals surface area contributed by atoms with Gasteiger partial charge in [0, 0.05) is 5.97 Å². The van der Waals surface area contributed by atoms with Gasteiger partial charge in [-0.15, -0.1) is 0 Å². The standard InChI is InChI=1S/C21H46N.C14H28O2/c1-5-6-7-8-9-10-11-12-13-14-15-16-17-18-19-20-21-22(2,3)4;1-2-3-4-5-6-7-8-9-10-11-12-13-14(15)16/h5-21H2,1-4H3;2-13H2,1H3,(H,15,16)/q+1;/p-1. The molecule has 0 saturated heterocycles. The van der Waals surface area contributed by atoms with Crippen LogP contribution in [0.3, 0.4) is 0 Å². The lowest BCUT2D eigenvalue weighted by molar-refractivity contribution is -0.870. The van der Waals surface area contributed by atoms with Gasteiger partial charge in [0.1, 0.15) is 0 Å². The summed E-state index contributed by atoms with van der Waals surface area (Å²) in [5.74, 6) is -0.907. The summed E-state index contributed by atoms with van der Waals surface area (Å²) in [5, 5.41) is 10.1. The molecule has 0 aromatic carbocycles. The summed E-state index contributed by atoms with van der Waals surface area (Å²) < 4.78 is 1.12. The summed E-state index contributed by atoms with van der Waals surface area (Å²) >= 11 is 0. The second-order valence-electron chi connectivity index (χ2n) is 13.0. The van der Waals surface area contributed by atoms with E-state index in [4.69, 9.17) is 0 Å². The van der Waals surface area contributed by atoms with Gasteiger partial charge in [-0.25, -0.2) is 0 Å². The monoisotopic (exact) mass is 540 g/mol. The van der Waals surface area contributed by atoms with Crippen molar-refractivity contribution in [3.05, 3.63) is 0 Å². The summed E-state index contributed by atoms with van der Waals surface area (Å²) in [6.07, 6.45) is 37.4. The van der Waals surface area contributed by atoms with Crippen molar-refractivity contribution in [3.63, 3.8) is 0 Å². The zero-order chi connectivity index (χ0) is 28.6. The largest absolute Gasteiger partial charge is 0.550 e. The van der Waals surface area contributed by atoms with Gasteiger partial charge in [-0.3, -0.25) is 0 Å². The fourth-order valence-corrected chi connectivity index (χ4v) is 5.07. The minimum absolute atomic E-state index is 0.233. The average molecular weight is 540 g/mol. The molecule has 0 aliphatic heterocycles. The molecule has 0 saturated carbocycles. The molecule has 3 heteroatoms. The van der Waals surface area contributed by atoms with Crippen LogP contribution in [0, 0.1) is 0 Å². The fraction of sp³-hybridized carbons (Fsp3) is 0.971. The predicted molar refractivity (Wildman–Crippen MR) is 169 cm³/mol. The van der Waals surface area contributed by atoms with E-state index in [-0.39, 0.29) is 6.42 Å². The van der Waals surface area contributed by atoms with Crippen LogP contribution in [0.15, 0.2) is 0 Å². The second-order valence-corrected chi connectivity index (χ2v) is 13.0. The molecule has 0 aliphatic rings. The Bertz CT molecular complexity index is 444. The molecule has 0 atom stereocenters. The van der Waals surface area contributed by atoms with E-state index in [1.54, 1.807) is 0 Å². The number of hydrogen-bond acceptors (Lipinski definition) is 2. The molecule has 0 N–H and O–H groups in total. The molecule has 0 rings (SSSR count). The molecule has 0 aromatic rings. The van der Waals surface area contributed by atoms with Crippen LogP contribution in [0.5, 0.6) is 0 Å². The number of carboxylic acid groups (broad SMARTS) is 1. The first kappa shape index (κ1) is 39.6. The van der Waals surface area contributed by atoms with Gasteiger partial charge in [-0.05, 0) is 25.7 Å². The third kappa shape index (κ3) is 42.5. The average Bonchev–Trinajstić information content (AvgIpc) is 2.86. The molecule has 0 heterocycles. The van der Waals surface area contributed by atoms with Crippen molar-refractivity contribution in [3.8, 4) is 0 Å². The van der Waals surface area contributed by atoms with Gasteiger partial charge in [0.2, 0.25) is 0 Å². The van der Waals surface area contributed by atoms with Crippen LogP contribution in [0.2, 0.25) is 0 Å². The molecule has 230 valence electrons. The first-order chi connectivity index (χ1) is 18.3. The van der Waals surface area contributed by atoms with Gasteiger partial charge in [0.25, 0.3) is 0 Å². The van der Waals surface area contributed by atoms with Crippen LogP contribution in [-0.2, 0) is 4.79 Å². The highest BCUT2D eigenvalue weighted by Gasteiger charge is 2.05. The summed E-state index contributed by atoms with van der Waals surface area (Å²) in [4.78, 5) is 10.1. The summed E-state index contributed by atoms with van der Waals surface area (Å²) in [6.45, 7) is 5.87. The lowest BCUT2D eigenvalue weighted by atomic mass is 10.0. The van der Waals surface area contributed by atoms with Crippen molar-refractivity contribution in [2.75, 3.05) is 27.7 Å². The van der Waals surface area contributed by atoms with Crippen molar-refractivity contribution < 1.29 is 14.4 Å². The SMILES string of the molecule is CCCCCCCCCCCCCC(=O)[O-].CCCCCCCCCCCCCCCCCC[N+](C)(C)C. The van der Waals surface area contributed by atoms with Gasteiger partial charge in [0.15, 0.2) is 0 Å². The molecule has 0 fully saturated rings. The van der Waals surface area contributed by atoms with Gasteiger partial charge >= 0.3 is 0 Å². The molecule has 0 unspecified atom stereocenters. The number of aliphatic carboxylic acids is 1. The molecular weight excluding hydrogens is 466 g/mol. The van der Waals surface area contributed by atoms with Crippen LogP contribution >= 0.6 is 0 Å². The lowest BCUT2D eigenvalue weighted by Crippen LogP contribution is -2.35. The van der Waals surface area contributed by atoms with E-state index in [0.29, 0.717) is 0 Å². The predicted octanol–water partition coefficient (Wildman–Crippen LogP) is 10.4. The van der Waals surface area contributed by atoms with Crippen molar-refractivity contribution in [2.45, 2.75) is 194 Å². The maximum atomic E-state index is 10.1. The summed E-state index contributed by atoms with van der Waals surface area (Å²) in [7, 11) is 6.89. The van der Waals surface area contributed by atoms with Crippen molar-refractivity contribution in [2.24, 2.45) is 0 Å². The van der Waals surface area contributed by atoms with Crippen LogP contribution < -0.4 is 5.11 Å². The number of carboxylic acids is 1. The molecule has 0 radical (unpaired) electrons. The third-order valence-electron chi connectivity index (χ3n) is 7.67. The van der Waals surface area contributed by atoms with Crippen molar-refractivity contribution in [1.29, 1.82) is 0 Å². The Morgan fingerprint density at radius 3 is 0.895 bits per heavy atom. The Hall–Kier alpha value is -0.570. The number of hydrogen-bond donors (Lipinski definition) is 0. The summed E-state index contributed by atoms with van der Waals surface area (Å²) in [5.41, 5.74) is 0.